The van der Waals surface area contributed by atoms with Gasteiger partial charge in [-0.05, 0) is 30.4 Å². The second kappa shape index (κ2) is 3.21. The molecule has 0 radical (unpaired) electrons. The SMILES string of the molecule is Nc1ccc(OC=S)c(N)c1. The van der Waals surface area contributed by atoms with Gasteiger partial charge in [-0.1, -0.05) is 0 Å². The lowest BCUT2D eigenvalue weighted by molar-refractivity contribution is 0.589. The van der Waals surface area contributed by atoms with Gasteiger partial charge in [-0.2, -0.15) is 0 Å². The largest absolute Gasteiger partial charge is 0.451 e. The second-order valence-electron chi connectivity index (χ2n) is 2.01. The Hall–Kier alpha value is -1.29. The van der Waals surface area contributed by atoms with Gasteiger partial charge >= 0.3 is 0 Å². The Labute approximate surface area is 69.9 Å². The summed E-state index contributed by atoms with van der Waals surface area (Å²) in [5.74, 6) is 0.536. The van der Waals surface area contributed by atoms with Crippen LogP contribution in [0.1, 0.15) is 0 Å². The van der Waals surface area contributed by atoms with Crippen molar-refractivity contribution in [3.63, 3.8) is 0 Å². The fourth-order valence-electron chi connectivity index (χ4n) is 0.726. The molecule has 0 aliphatic carbocycles. The molecular formula is C7H8N2OS. The average molecular weight is 168 g/mol. The predicted octanol–water partition coefficient (Wildman–Crippen LogP) is 1.19. The number of rotatable bonds is 2. The molecule has 3 nitrogen and oxygen atoms in total. The summed E-state index contributed by atoms with van der Waals surface area (Å²) >= 11 is 4.49. The normalized spacial score (nSPS) is 9.09. The van der Waals surface area contributed by atoms with Crippen LogP contribution in [0.25, 0.3) is 0 Å². The lowest BCUT2D eigenvalue weighted by Crippen LogP contribution is -1.95. The van der Waals surface area contributed by atoms with Crippen LogP contribution in [-0.2, 0) is 0 Å². The van der Waals surface area contributed by atoms with Crippen molar-refractivity contribution in [2.24, 2.45) is 0 Å². The first-order valence-electron chi connectivity index (χ1n) is 2.99. The third-order valence-corrected chi connectivity index (χ3v) is 1.31. The first-order valence-corrected chi connectivity index (χ1v) is 3.46. The van der Waals surface area contributed by atoms with Crippen molar-refractivity contribution in [3.05, 3.63) is 18.2 Å². The van der Waals surface area contributed by atoms with Crippen molar-refractivity contribution >= 4 is 29.1 Å². The Morgan fingerprint density at radius 1 is 1.36 bits per heavy atom. The molecule has 0 unspecified atom stereocenters. The maximum Gasteiger partial charge on any atom is 0.154 e. The van der Waals surface area contributed by atoms with Crippen LogP contribution in [0.15, 0.2) is 18.2 Å². The van der Waals surface area contributed by atoms with E-state index >= 15 is 0 Å². The molecule has 0 aliphatic heterocycles. The Bertz CT molecular complexity index is 275. The summed E-state index contributed by atoms with van der Waals surface area (Å²) in [7, 11) is 0. The van der Waals surface area contributed by atoms with E-state index in [0.717, 1.165) is 5.55 Å². The average Bonchev–Trinajstić information content (AvgIpc) is 1.95. The van der Waals surface area contributed by atoms with E-state index in [0.29, 0.717) is 17.1 Å². The molecule has 1 rings (SSSR count). The summed E-state index contributed by atoms with van der Waals surface area (Å²) in [6.45, 7) is 0. The van der Waals surface area contributed by atoms with Gasteiger partial charge in [0.05, 0.1) is 5.69 Å². The van der Waals surface area contributed by atoms with Crippen LogP contribution >= 0.6 is 12.2 Å². The molecule has 0 aliphatic rings. The Balaban J connectivity index is 2.98. The van der Waals surface area contributed by atoms with Crippen LogP contribution in [0.4, 0.5) is 11.4 Å². The Morgan fingerprint density at radius 2 is 2.09 bits per heavy atom. The number of ether oxygens (including phenoxy) is 1. The molecule has 4 heteroatoms. The van der Waals surface area contributed by atoms with E-state index in [9.17, 15) is 0 Å². The fourth-order valence-corrected chi connectivity index (χ4v) is 0.830. The lowest BCUT2D eigenvalue weighted by Gasteiger charge is -2.02. The summed E-state index contributed by atoms with van der Waals surface area (Å²) in [5.41, 5.74) is 13.2. The summed E-state index contributed by atoms with van der Waals surface area (Å²) in [6.07, 6.45) is 0. The minimum absolute atomic E-state index is 0.492. The van der Waals surface area contributed by atoms with E-state index in [-0.39, 0.29) is 0 Å². The van der Waals surface area contributed by atoms with Gasteiger partial charge in [0.1, 0.15) is 0 Å². The third kappa shape index (κ3) is 1.81. The van der Waals surface area contributed by atoms with Crippen molar-refractivity contribution in [3.8, 4) is 5.75 Å². The summed E-state index contributed by atoms with van der Waals surface area (Å²) in [5, 5.41) is 0. The van der Waals surface area contributed by atoms with E-state index < -0.39 is 0 Å². The zero-order valence-corrected chi connectivity index (χ0v) is 6.60. The second-order valence-corrected chi connectivity index (χ2v) is 2.20. The van der Waals surface area contributed by atoms with Crippen molar-refractivity contribution in [1.29, 1.82) is 0 Å². The maximum absolute atomic E-state index is 5.54. The molecule has 0 atom stereocenters. The first kappa shape index (κ1) is 7.81. The molecule has 0 heterocycles. The fraction of sp³-hybridized carbons (Fsp3) is 0. The molecule has 1 aromatic carbocycles. The maximum atomic E-state index is 5.54. The van der Waals surface area contributed by atoms with Gasteiger partial charge in [0.15, 0.2) is 11.3 Å². The minimum Gasteiger partial charge on any atom is -0.451 e. The molecule has 1 aromatic rings. The van der Waals surface area contributed by atoms with Gasteiger partial charge in [-0.25, -0.2) is 0 Å². The highest BCUT2D eigenvalue weighted by Crippen LogP contribution is 2.22. The first-order chi connectivity index (χ1) is 5.24. The molecule has 0 fully saturated rings. The van der Waals surface area contributed by atoms with Gasteiger partial charge in [0, 0.05) is 5.69 Å². The van der Waals surface area contributed by atoms with E-state index in [1.165, 1.54) is 0 Å². The van der Waals surface area contributed by atoms with E-state index in [1.807, 2.05) is 0 Å². The smallest absolute Gasteiger partial charge is 0.154 e. The molecule has 0 bridgehead atoms. The standard InChI is InChI=1S/C7H8N2OS/c8-5-1-2-7(10-4-11)6(9)3-5/h1-4H,8-9H2. The monoisotopic (exact) mass is 168 g/mol. The van der Waals surface area contributed by atoms with Crippen LogP contribution in [0.5, 0.6) is 5.75 Å². The van der Waals surface area contributed by atoms with Crippen molar-refractivity contribution in [1.82, 2.24) is 0 Å². The topological polar surface area (TPSA) is 61.3 Å². The molecule has 0 spiro atoms. The molecule has 0 saturated carbocycles. The van der Waals surface area contributed by atoms with Crippen LogP contribution in [0.3, 0.4) is 0 Å². The quantitative estimate of drug-likeness (QED) is 0.514. The number of hydrogen-bond acceptors (Lipinski definition) is 4. The third-order valence-electron chi connectivity index (χ3n) is 1.21. The molecule has 0 saturated heterocycles. The van der Waals surface area contributed by atoms with Crippen molar-refractivity contribution in [2.45, 2.75) is 0 Å². The van der Waals surface area contributed by atoms with E-state index in [1.54, 1.807) is 18.2 Å². The predicted molar refractivity (Wildman–Crippen MR) is 49.5 cm³/mol. The number of hydrogen-bond donors (Lipinski definition) is 2. The molecule has 58 valence electrons. The number of thiocarbonyl (C=S) groups is 1. The van der Waals surface area contributed by atoms with E-state index in [4.69, 9.17) is 16.2 Å². The number of nitrogen functional groups attached to an aromatic ring is 2. The molecule has 4 N–H and O–H groups in total. The van der Waals surface area contributed by atoms with Gasteiger partial charge in [0.25, 0.3) is 0 Å². The molecular weight excluding hydrogens is 160 g/mol. The zero-order chi connectivity index (χ0) is 8.27. The van der Waals surface area contributed by atoms with Crippen LogP contribution in [0, 0.1) is 0 Å². The van der Waals surface area contributed by atoms with Crippen molar-refractivity contribution in [2.75, 3.05) is 11.5 Å². The van der Waals surface area contributed by atoms with Crippen LogP contribution in [-0.4, -0.2) is 5.55 Å². The molecule has 0 amide bonds. The summed E-state index contributed by atoms with van der Waals surface area (Å²) in [4.78, 5) is 0. The highest BCUT2D eigenvalue weighted by atomic mass is 32.1. The zero-order valence-electron chi connectivity index (χ0n) is 5.78. The highest BCUT2D eigenvalue weighted by molar-refractivity contribution is 7.78. The lowest BCUT2D eigenvalue weighted by atomic mass is 10.2. The van der Waals surface area contributed by atoms with Crippen LogP contribution < -0.4 is 16.2 Å². The molecule has 0 aromatic heterocycles. The van der Waals surface area contributed by atoms with Gasteiger partial charge in [-0.3, -0.25) is 0 Å². The highest BCUT2D eigenvalue weighted by Gasteiger charge is 1.97. The van der Waals surface area contributed by atoms with Crippen molar-refractivity contribution < 1.29 is 4.74 Å². The van der Waals surface area contributed by atoms with Gasteiger partial charge < -0.3 is 16.2 Å². The minimum atomic E-state index is 0.492. The van der Waals surface area contributed by atoms with Gasteiger partial charge in [-0.15, -0.1) is 0 Å². The van der Waals surface area contributed by atoms with E-state index in [2.05, 4.69) is 12.2 Å². The van der Waals surface area contributed by atoms with Crippen LogP contribution in [0.2, 0.25) is 0 Å². The number of benzene rings is 1. The number of nitrogens with two attached hydrogens (primary N) is 2. The number of anilines is 2. The Kier molecular flexibility index (Phi) is 2.28. The Morgan fingerprint density at radius 3 is 2.64 bits per heavy atom. The summed E-state index contributed by atoms with van der Waals surface area (Å²) in [6, 6.07) is 4.99. The van der Waals surface area contributed by atoms with Gasteiger partial charge in [0.2, 0.25) is 0 Å². The molecule has 11 heavy (non-hydrogen) atoms. The summed E-state index contributed by atoms with van der Waals surface area (Å²) < 4.78 is 4.90.